The third-order valence-electron chi connectivity index (χ3n) is 10.4. The molecule has 0 aliphatic heterocycles. The molecule has 0 fully saturated rings. The van der Waals surface area contributed by atoms with Crippen LogP contribution in [-0.4, -0.2) is 0 Å². The Morgan fingerprint density at radius 2 is 0.691 bits per heavy atom. The van der Waals surface area contributed by atoms with Gasteiger partial charge in [-0.15, -0.1) is 0 Å². The molecule has 0 atom stereocenters. The van der Waals surface area contributed by atoms with Crippen LogP contribution in [0.2, 0.25) is 0 Å². The monoisotopic (exact) mass is 703 g/mol. The van der Waals surface area contributed by atoms with E-state index in [-0.39, 0.29) is 0 Å². The molecule has 0 unspecified atom stereocenters. The van der Waals surface area contributed by atoms with Crippen LogP contribution in [-0.2, 0) is 0 Å². The van der Waals surface area contributed by atoms with Crippen LogP contribution < -0.4 is 4.90 Å². The topological polar surface area (TPSA) is 77.1 Å². The Balaban J connectivity index is 1.03. The molecule has 256 valence electrons. The van der Waals surface area contributed by atoms with Gasteiger partial charge in [0.15, 0.2) is 0 Å². The molecule has 5 heteroatoms. The SMILES string of the molecule is N#Cc1ccc(-c2ccc(N(c3ccc(-c4ccc5oc6ccccc6c5c4)cc3)c3ccc(-c4ccc5oc6ccccc6c5c4)cc3)cc2)cc1C#N. The van der Waals surface area contributed by atoms with Crippen molar-refractivity contribution in [2.45, 2.75) is 0 Å². The molecule has 0 aliphatic rings. The van der Waals surface area contributed by atoms with E-state index in [1.165, 1.54) is 0 Å². The number of nitrogens with zero attached hydrogens (tertiary/aromatic N) is 3. The van der Waals surface area contributed by atoms with Crippen molar-refractivity contribution in [3.8, 4) is 45.5 Å². The van der Waals surface area contributed by atoms with Crippen molar-refractivity contribution in [2.24, 2.45) is 0 Å². The second kappa shape index (κ2) is 13.0. The Morgan fingerprint density at radius 1 is 0.327 bits per heavy atom. The van der Waals surface area contributed by atoms with Crippen LogP contribution in [0.5, 0.6) is 0 Å². The number of fused-ring (bicyclic) bond motifs is 6. The maximum atomic E-state index is 9.62. The van der Waals surface area contributed by atoms with Gasteiger partial charge in [0.1, 0.15) is 34.5 Å². The molecule has 10 rings (SSSR count). The molecule has 55 heavy (non-hydrogen) atoms. The Morgan fingerprint density at radius 3 is 1.13 bits per heavy atom. The molecule has 0 amide bonds. The number of hydrogen-bond acceptors (Lipinski definition) is 5. The molecule has 0 radical (unpaired) electrons. The zero-order valence-corrected chi connectivity index (χ0v) is 29.4. The predicted molar refractivity (Wildman–Crippen MR) is 221 cm³/mol. The lowest BCUT2D eigenvalue weighted by Gasteiger charge is -2.26. The Hall–Kier alpha value is -7.86. The Bertz CT molecular complexity index is 3000. The van der Waals surface area contributed by atoms with Gasteiger partial charge in [-0.1, -0.05) is 91.0 Å². The second-order valence-electron chi connectivity index (χ2n) is 13.6. The van der Waals surface area contributed by atoms with Crippen LogP contribution in [0.15, 0.2) is 185 Å². The highest BCUT2D eigenvalue weighted by molar-refractivity contribution is 6.07. The Kier molecular flexibility index (Phi) is 7.51. The smallest absolute Gasteiger partial charge is 0.135 e. The lowest BCUT2D eigenvalue weighted by atomic mass is 9.99. The largest absolute Gasteiger partial charge is 0.456 e. The van der Waals surface area contributed by atoms with E-state index in [9.17, 15) is 10.5 Å². The molecule has 0 bridgehead atoms. The number of para-hydroxylation sites is 2. The van der Waals surface area contributed by atoms with Gasteiger partial charge in [-0.2, -0.15) is 10.5 Å². The lowest BCUT2D eigenvalue weighted by Crippen LogP contribution is -2.09. The molecule has 0 saturated heterocycles. The fraction of sp³-hybridized carbons (Fsp3) is 0. The summed E-state index contributed by atoms with van der Waals surface area (Å²) in [6.45, 7) is 0. The first-order valence-corrected chi connectivity index (χ1v) is 18.0. The number of anilines is 3. The summed E-state index contributed by atoms with van der Waals surface area (Å²) in [7, 11) is 0. The summed E-state index contributed by atoms with van der Waals surface area (Å²) in [5.74, 6) is 0. The third-order valence-corrected chi connectivity index (χ3v) is 10.4. The first-order chi connectivity index (χ1) is 27.1. The van der Waals surface area contributed by atoms with E-state index in [0.717, 1.165) is 94.3 Å². The second-order valence-corrected chi connectivity index (χ2v) is 13.6. The van der Waals surface area contributed by atoms with E-state index in [1.54, 1.807) is 12.1 Å². The Labute approximate surface area is 316 Å². The highest BCUT2D eigenvalue weighted by Gasteiger charge is 2.16. The summed E-state index contributed by atoms with van der Waals surface area (Å²) in [6, 6.07) is 64.2. The molecule has 2 heterocycles. The molecule has 0 aliphatic carbocycles. The summed E-state index contributed by atoms with van der Waals surface area (Å²) < 4.78 is 12.2. The van der Waals surface area contributed by atoms with Crippen LogP contribution >= 0.6 is 0 Å². The van der Waals surface area contributed by atoms with Crippen LogP contribution in [0.25, 0.3) is 77.3 Å². The number of benzene rings is 8. The fourth-order valence-electron chi connectivity index (χ4n) is 7.58. The predicted octanol–water partition coefficient (Wildman–Crippen LogP) is 13.7. The van der Waals surface area contributed by atoms with Gasteiger partial charge in [-0.05, 0) is 118 Å². The molecule has 0 N–H and O–H groups in total. The van der Waals surface area contributed by atoms with Gasteiger partial charge in [-0.3, -0.25) is 0 Å². The number of hydrogen-bond donors (Lipinski definition) is 0. The summed E-state index contributed by atoms with van der Waals surface area (Å²) >= 11 is 0. The summed E-state index contributed by atoms with van der Waals surface area (Å²) in [4.78, 5) is 2.25. The molecular weight excluding hydrogens is 675 g/mol. The van der Waals surface area contributed by atoms with E-state index in [2.05, 4.69) is 126 Å². The number of nitriles is 2. The minimum atomic E-state index is 0.367. The van der Waals surface area contributed by atoms with Gasteiger partial charge in [0.05, 0.1) is 11.1 Å². The quantitative estimate of drug-likeness (QED) is 0.172. The normalized spacial score (nSPS) is 11.2. The van der Waals surface area contributed by atoms with Crippen molar-refractivity contribution in [3.05, 3.63) is 187 Å². The molecule has 5 nitrogen and oxygen atoms in total. The minimum absolute atomic E-state index is 0.367. The molecule has 10 aromatic rings. The molecule has 8 aromatic carbocycles. The van der Waals surface area contributed by atoms with Gasteiger partial charge >= 0.3 is 0 Å². The fourth-order valence-corrected chi connectivity index (χ4v) is 7.58. The van der Waals surface area contributed by atoms with Gasteiger partial charge in [-0.25, -0.2) is 0 Å². The first-order valence-electron chi connectivity index (χ1n) is 18.0. The van der Waals surface area contributed by atoms with Crippen molar-refractivity contribution in [2.75, 3.05) is 4.90 Å². The number of rotatable bonds is 6. The molecule has 0 spiro atoms. The van der Waals surface area contributed by atoms with E-state index >= 15 is 0 Å². The standard InChI is InChI=1S/C50H29N3O2/c51-30-38-10-9-35(27-39(38)31-52)32-11-19-40(20-12-32)53(41-21-13-33(14-22-41)36-17-25-49-45(28-36)43-5-1-3-7-47(43)54-49)42-23-15-34(16-24-42)37-18-26-50-46(29-37)44-6-2-4-8-48(44)55-50/h1-29H. The summed E-state index contributed by atoms with van der Waals surface area (Å²) in [5, 5.41) is 23.4. The highest BCUT2D eigenvalue weighted by Crippen LogP contribution is 2.39. The average Bonchev–Trinajstić information content (AvgIpc) is 3.82. The van der Waals surface area contributed by atoms with Crippen molar-refractivity contribution >= 4 is 60.9 Å². The highest BCUT2D eigenvalue weighted by atomic mass is 16.3. The summed E-state index contributed by atoms with van der Waals surface area (Å²) in [5.41, 5.74) is 13.6. The van der Waals surface area contributed by atoms with Crippen LogP contribution in [0, 0.1) is 22.7 Å². The third kappa shape index (κ3) is 5.56. The maximum Gasteiger partial charge on any atom is 0.135 e. The van der Waals surface area contributed by atoms with Crippen molar-refractivity contribution < 1.29 is 8.83 Å². The minimum Gasteiger partial charge on any atom is -0.456 e. The molecule has 2 aromatic heterocycles. The molecule has 0 saturated carbocycles. The van der Waals surface area contributed by atoms with Gasteiger partial charge < -0.3 is 13.7 Å². The van der Waals surface area contributed by atoms with E-state index in [1.807, 2.05) is 54.6 Å². The van der Waals surface area contributed by atoms with Gasteiger partial charge in [0.25, 0.3) is 0 Å². The first kappa shape index (κ1) is 31.8. The van der Waals surface area contributed by atoms with E-state index < -0.39 is 0 Å². The lowest BCUT2D eigenvalue weighted by molar-refractivity contribution is 0.668. The van der Waals surface area contributed by atoms with Gasteiger partial charge in [0, 0.05) is 38.6 Å². The maximum absolute atomic E-state index is 9.62. The van der Waals surface area contributed by atoms with Crippen LogP contribution in [0.3, 0.4) is 0 Å². The van der Waals surface area contributed by atoms with Gasteiger partial charge in [0.2, 0.25) is 0 Å². The summed E-state index contributed by atoms with van der Waals surface area (Å²) in [6.07, 6.45) is 0. The van der Waals surface area contributed by atoms with Crippen LogP contribution in [0.1, 0.15) is 11.1 Å². The van der Waals surface area contributed by atoms with Crippen molar-refractivity contribution in [1.82, 2.24) is 0 Å². The van der Waals surface area contributed by atoms with Crippen LogP contribution in [0.4, 0.5) is 17.1 Å². The van der Waals surface area contributed by atoms with Crippen molar-refractivity contribution in [1.29, 1.82) is 10.5 Å². The zero-order valence-electron chi connectivity index (χ0n) is 29.4. The zero-order chi connectivity index (χ0) is 36.9. The molecular formula is C50H29N3O2. The number of furan rings is 2. The van der Waals surface area contributed by atoms with Crippen molar-refractivity contribution in [3.63, 3.8) is 0 Å². The van der Waals surface area contributed by atoms with E-state index in [0.29, 0.717) is 11.1 Å². The van der Waals surface area contributed by atoms with E-state index in [4.69, 9.17) is 8.83 Å². The average molecular weight is 704 g/mol.